The molecule has 1 aromatic carbocycles. The van der Waals surface area contributed by atoms with Gasteiger partial charge in [-0.25, -0.2) is 8.42 Å². The van der Waals surface area contributed by atoms with Crippen molar-refractivity contribution in [1.82, 2.24) is 14.5 Å². The number of sulfonamides is 1. The highest BCUT2D eigenvalue weighted by Gasteiger charge is 2.27. The first kappa shape index (κ1) is 21.2. The van der Waals surface area contributed by atoms with Gasteiger partial charge in [-0.2, -0.15) is 4.31 Å². The van der Waals surface area contributed by atoms with Crippen molar-refractivity contribution < 1.29 is 13.2 Å². The van der Waals surface area contributed by atoms with Gasteiger partial charge in [0, 0.05) is 18.8 Å². The van der Waals surface area contributed by atoms with Crippen molar-refractivity contribution in [2.24, 2.45) is 0 Å². The lowest BCUT2D eigenvalue weighted by atomic mass is 10.2. The number of rotatable bonds is 6. The monoisotopic (exact) mass is 440 g/mol. The predicted molar refractivity (Wildman–Crippen MR) is 112 cm³/mol. The van der Waals surface area contributed by atoms with E-state index in [1.807, 2.05) is 6.92 Å². The van der Waals surface area contributed by atoms with E-state index in [2.05, 4.69) is 15.5 Å². The first-order valence-electron chi connectivity index (χ1n) is 9.20. The Labute approximate surface area is 174 Å². The maximum Gasteiger partial charge on any atom is 0.243 e. The average molecular weight is 441 g/mol. The molecule has 1 N–H and O–H groups in total. The topological polar surface area (TPSA) is 92.3 Å². The largest absolute Gasteiger partial charge is 0.325 e. The zero-order chi connectivity index (χ0) is 20.1. The van der Waals surface area contributed by atoms with Gasteiger partial charge in [-0.15, -0.1) is 10.2 Å². The van der Waals surface area contributed by atoms with E-state index >= 15 is 0 Å². The summed E-state index contributed by atoms with van der Waals surface area (Å²) >= 11 is 2.75. The molecule has 0 radical (unpaired) electrons. The van der Waals surface area contributed by atoms with Gasteiger partial charge >= 0.3 is 0 Å². The maximum atomic E-state index is 13.1. The van der Waals surface area contributed by atoms with Crippen LogP contribution in [0.4, 0.5) is 5.69 Å². The number of carbonyl (C=O) groups excluding carboxylic acids is 1. The number of hydrogen-bond acceptors (Lipinski definition) is 7. The lowest BCUT2D eigenvalue weighted by Gasteiger charge is -2.21. The van der Waals surface area contributed by atoms with E-state index < -0.39 is 10.0 Å². The van der Waals surface area contributed by atoms with Crippen LogP contribution in [0.2, 0.25) is 0 Å². The number of nitrogens with zero attached hydrogens (tertiary/aromatic N) is 3. The van der Waals surface area contributed by atoms with Crippen LogP contribution >= 0.6 is 23.1 Å². The fourth-order valence-corrected chi connectivity index (χ4v) is 6.42. The van der Waals surface area contributed by atoms with Crippen molar-refractivity contribution in [2.75, 3.05) is 24.2 Å². The summed E-state index contributed by atoms with van der Waals surface area (Å²) in [6.07, 6.45) is 3.90. The van der Waals surface area contributed by atoms with E-state index in [0.29, 0.717) is 24.3 Å². The Morgan fingerprint density at radius 3 is 2.54 bits per heavy atom. The van der Waals surface area contributed by atoms with Crippen LogP contribution in [0, 0.1) is 13.8 Å². The molecule has 1 saturated heterocycles. The van der Waals surface area contributed by atoms with Crippen LogP contribution in [-0.2, 0) is 14.8 Å². The molecule has 1 amide bonds. The number of hydrogen-bond donors (Lipinski definition) is 1. The number of benzene rings is 1. The second-order valence-corrected chi connectivity index (χ2v) is 11.0. The van der Waals surface area contributed by atoms with Crippen LogP contribution in [0.25, 0.3) is 0 Å². The van der Waals surface area contributed by atoms with E-state index in [0.717, 1.165) is 35.0 Å². The zero-order valence-corrected chi connectivity index (χ0v) is 18.4. The molecule has 0 saturated carbocycles. The first-order valence-corrected chi connectivity index (χ1v) is 12.4. The fraction of sp³-hybridized carbons (Fsp3) is 0.500. The van der Waals surface area contributed by atoms with Crippen LogP contribution < -0.4 is 5.32 Å². The second kappa shape index (κ2) is 9.34. The minimum atomic E-state index is -3.57. The third-order valence-electron chi connectivity index (χ3n) is 4.49. The van der Waals surface area contributed by atoms with Gasteiger partial charge in [-0.3, -0.25) is 4.79 Å². The molecule has 0 aliphatic carbocycles. The summed E-state index contributed by atoms with van der Waals surface area (Å²) in [5.74, 6) is -0.0173. The molecule has 0 spiro atoms. The van der Waals surface area contributed by atoms with Crippen molar-refractivity contribution in [3.63, 3.8) is 0 Å². The van der Waals surface area contributed by atoms with Gasteiger partial charge in [-0.05, 0) is 44.4 Å². The number of aromatic nitrogens is 2. The summed E-state index contributed by atoms with van der Waals surface area (Å²) in [4.78, 5) is 12.5. The number of amides is 1. The molecule has 1 aliphatic rings. The molecule has 10 heteroatoms. The molecule has 0 atom stereocenters. The Balaban J connectivity index is 1.70. The van der Waals surface area contributed by atoms with E-state index in [1.54, 1.807) is 29.4 Å². The minimum Gasteiger partial charge on any atom is -0.325 e. The van der Waals surface area contributed by atoms with Crippen LogP contribution in [0.15, 0.2) is 27.4 Å². The number of thioether (sulfide) groups is 1. The fourth-order valence-electron chi connectivity index (χ4n) is 3.04. The molecule has 0 unspecified atom stereocenters. The highest BCUT2D eigenvalue weighted by Crippen LogP contribution is 2.26. The minimum absolute atomic E-state index is 0.191. The highest BCUT2D eigenvalue weighted by molar-refractivity contribution is 8.01. The summed E-state index contributed by atoms with van der Waals surface area (Å²) in [5, 5.41) is 11.5. The highest BCUT2D eigenvalue weighted by atomic mass is 32.2. The van der Waals surface area contributed by atoms with Crippen molar-refractivity contribution in [1.29, 1.82) is 0 Å². The van der Waals surface area contributed by atoms with Crippen molar-refractivity contribution in [3.8, 4) is 0 Å². The van der Waals surface area contributed by atoms with Crippen molar-refractivity contribution in [3.05, 3.63) is 28.8 Å². The predicted octanol–water partition coefficient (Wildman–Crippen LogP) is 3.45. The van der Waals surface area contributed by atoms with E-state index in [1.165, 1.54) is 23.1 Å². The molecule has 152 valence electrons. The summed E-state index contributed by atoms with van der Waals surface area (Å²) in [5.41, 5.74) is 1.17. The number of nitrogens with one attached hydrogen (secondary N) is 1. The third kappa shape index (κ3) is 5.31. The van der Waals surface area contributed by atoms with Gasteiger partial charge in [-0.1, -0.05) is 42.0 Å². The van der Waals surface area contributed by atoms with Gasteiger partial charge in [0.15, 0.2) is 4.34 Å². The summed E-state index contributed by atoms with van der Waals surface area (Å²) < 4.78 is 28.5. The lowest BCUT2D eigenvalue weighted by Crippen LogP contribution is -2.32. The van der Waals surface area contributed by atoms with Crippen molar-refractivity contribution in [2.45, 2.75) is 48.8 Å². The average Bonchev–Trinajstić information content (AvgIpc) is 2.90. The molecular formula is C18H24N4O3S3. The molecule has 1 aromatic heterocycles. The summed E-state index contributed by atoms with van der Waals surface area (Å²) in [6.45, 7) is 4.75. The number of carbonyl (C=O) groups is 1. The Bertz CT molecular complexity index is 935. The molecule has 0 bridgehead atoms. The van der Waals surface area contributed by atoms with Crippen molar-refractivity contribution >= 4 is 44.7 Å². The Morgan fingerprint density at radius 2 is 1.89 bits per heavy atom. The first-order chi connectivity index (χ1) is 13.4. The summed E-state index contributed by atoms with van der Waals surface area (Å²) in [6, 6.07) is 5.03. The number of aryl methyl sites for hydroxylation is 2. The molecule has 1 aliphatic heterocycles. The van der Waals surface area contributed by atoms with Crippen LogP contribution in [-0.4, -0.2) is 47.7 Å². The smallest absolute Gasteiger partial charge is 0.243 e. The van der Waals surface area contributed by atoms with Gasteiger partial charge in [0.2, 0.25) is 15.9 Å². The van der Waals surface area contributed by atoms with Gasteiger partial charge in [0.05, 0.1) is 10.6 Å². The Morgan fingerprint density at radius 1 is 1.18 bits per heavy atom. The molecule has 2 heterocycles. The second-order valence-electron chi connectivity index (χ2n) is 6.72. The third-order valence-corrected chi connectivity index (χ3v) is 8.50. The Kier molecular flexibility index (Phi) is 7.08. The molecule has 1 fully saturated rings. The van der Waals surface area contributed by atoms with Crippen LogP contribution in [0.1, 0.15) is 36.3 Å². The molecular weight excluding hydrogens is 416 g/mol. The van der Waals surface area contributed by atoms with Gasteiger partial charge in [0.1, 0.15) is 5.01 Å². The summed E-state index contributed by atoms with van der Waals surface area (Å²) in [7, 11) is -3.57. The molecule has 3 rings (SSSR count). The van der Waals surface area contributed by atoms with Gasteiger partial charge in [0.25, 0.3) is 0 Å². The standard InChI is InChI=1S/C18H24N4O3S3/c1-13-7-8-15(19-17(23)12-26-18-21-20-14(2)27-18)11-16(13)28(24,25)22-9-5-3-4-6-10-22/h7-8,11H,3-6,9-10,12H2,1-2H3,(H,19,23). The molecule has 7 nitrogen and oxygen atoms in total. The van der Waals surface area contributed by atoms with E-state index in [4.69, 9.17) is 0 Å². The quantitative estimate of drug-likeness (QED) is 0.692. The molecule has 28 heavy (non-hydrogen) atoms. The number of anilines is 1. The van der Waals surface area contributed by atoms with E-state index in [9.17, 15) is 13.2 Å². The maximum absolute atomic E-state index is 13.1. The SMILES string of the molecule is Cc1nnc(SCC(=O)Nc2ccc(C)c(S(=O)(=O)N3CCCCCC3)c2)s1. The lowest BCUT2D eigenvalue weighted by molar-refractivity contribution is -0.113. The molecule has 2 aromatic rings. The van der Waals surface area contributed by atoms with Crippen LogP contribution in [0.3, 0.4) is 0 Å². The van der Waals surface area contributed by atoms with Gasteiger partial charge < -0.3 is 5.32 Å². The Hall–Kier alpha value is -1.49. The zero-order valence-electron chi connectivity index (χ0n) is 16.0. The van der Waals surface area contributed by atoms with E-state index in [-0.39, 0.29) is 16.6 Å². The van der Waals surface area contributed by atoms with Crippen LogP contribution in [0.5, 0.6) is 0 Å². The normalized spacial score (nSPS) is 15.9.